The molecule has 0 bridgehead atoms. The second kappa shape index (κ2) is 6.02. The molecule has 1 fully saturated rings. The Morgan fingerprint density at radius 3 is 2.79 bits per heavy atom. The van der Waals surface area contributed by atoms with Gasteiger partial charge >= 0.3 is 5.97 Å². The van der Waals surface area contributed by atoms with E-state index in [4.69, 9.17) is 9.47 Å². The first-order chi connectivity index (χ1) is 6.77. The highest BCUT2D eigenvalue weighted by molar-refractivity contribution is 5.72. The number of epoxide rings is 1. The number of carbonyl (C=O) groups excluding carboxylic acids is 1. The molecule has 1 heterocycles. The Kier molecular flexibility index (Phi) is 4.94. The molecule has 0 N–H and O–H groups in total. The Morgan fingerprint density at radius 2 is 2.29 bits per heavy atom. The summed E-state index contributed by atoms with van der Waals surface area (Å²) in [6.07, 6.45) is 4.33. The number of carbonyl (C=O) groups is 1. The van der Waals surface area contributed by atoms with Crippen molar-refractivity contribution in [3.63, 3.8) is 0 Å². The Bertz CT molecular complexity index is 175. The van der Waals surface area contributed by atoms with Crippen LogP contribution in [0.15, 0.2) is 0 Å². The van der Waals surface area contributed by atoms with Gasteiger partial charge in [-0.1, -0.05) is 19.8 Å². The van der Waals surface area contributed by atoms with Crippen LogP contribution in [-0.2, 0) is 14.3 Å². The summed E-state index contributed by atoms with van der Waals surface area (Å²) in [6.45, 7) is 5.28. The van der Waals surface area contributed by atoms with Gasteiger partial charge in [-0.15, -0.1) is 0 Å². The molecule has 2 unspecified atom stereocenters. The molecule has 0 saturated carbocycles. The number of unbranched alkanes of at least 4 members (excludes halogenated alkanes) is 1. The highest BCUT2D eigenvalue weighted by Gasteiger charge is 2.30. The van der Waals surface area contributed by atoms with Gasteiger partial charge in [0.05, 0.1) is 25.2 Å². The van der Waals surface area contributed by atoms with E-state index in [0.717, 1.165) is 32.3 Å². The average Bonchev–Trinajstić information content (AvgIpc) is 2.96. The van der Waals surface area contributed by atoms with Gasteiger partial charge in [0.15, 0.2) is 0 Å². The summed E-state index contributed by atoms with van der Waals surface area (Å²) in [5.41, 5.74) is 0. The molecular weight excluding hydrogens is 180 g/mol. The maximum absolute atomic E-state index is 11.5. The van der Waals surface area contributed by atoms with E-state index in [0.29, 0.717) is 12.7 Å². The Morgan fingerprint density at radius 1 is 1.57 bits per heavy atom. The summed E-state index contributed by atoms with van der Waals surface area (Å²) >= 11 is 0. The van der Waals surface area contributed by atoms with Crippen LogP contribution in [0.4, 0.5) is 0 Å². The summed E-state index contributed by atoms with van der Waals surface area (Å²) < 4.78 is 10.2. The Labute approximate surface area is 85.8 Å². The molecule has 0 aliphatic carbocycles. The number of esters is 1. The van der Waals surface area contributed by atoms with E-state index in [1.165, 1.54) is 0 Å². The van der Waals surface area contributed by atoms with Crippen LogP contribution in [0, 0.1) is 5.92 Å². The number of hydrogen-bond donors (Lipinski definition) is 0. The minimum atomic E-state index is -0.0450. The zero-order valence-corrected chi connectivity index (χ0v) is 9.12. The molecule has 2 atom stereocenters. The van der Waals surface area contributed by atoms with Crippen LogP contribution < -0.4 is 0 Å². The zero-order valence-electron chi connectivity index (χ0n) is 9.12. The van der Waals surface area contributed by atoms with Crippen LogP contribution in [0.25, 0.3) is 0 Å². The van der Waals surface area contributed by atoms with Gasteiger partial charge in [-0.05, 0) is 19.8 Å². The van der Waals surface area contributed by atoms with E-state index in [-0.39, 0.29) is 11.9 Å². The first-order valence-corrected chi connectivity index (χ1v) is 5.56. The number of rotatable bonds is 7. The van der Waals surface area contributed by atoms with Crippen molar-refractivity contribution in [2.75, 3.05) is 13.2 Å². The van der Waals surface area contributed by atoms with Gasteiger partial charge in [-0.2, -0.15) is 0 Å². The van der Waals surface area contributed by atoms with Gasteiger partial charge in [-0.3, -0.25) is 4.79 Å². The van der Waals surface area contributed by atoms with Crippen LogP contribution in [0.2, 0.25) is 0 Å². The lowest BCUT2D eigenvalue weighted by Gasteiger charge is -2.13. The van der Waals surface area contributed by atoms with Crippen LogP contribution in [0.1, 0.15) is 39.5 Å². The SMILES string of the molecule is CCCCC(CC1CO1)C(=O)OCC. The standard InChI is InChI=1S/C11H20O3/c1-3-5-6-9(7-10-8-14-10)11(12)13-4-2/h9-10H,3-8H2,1-2H3. The van der Waals surface area contributed by atoms with Gasteiger partial charge in [0, 0.05) is 0 Å². The lowest BCUT2D eigenvalue weighted by Crippen LogP contribution is -2.19. The summed E-state index contributed by atoms with van der Waals surface area (Å²) in [6, 6.07) is 0. The molecule has 14 heavy (non-hydrogen) atoms. The first-order valence-electron chi connectivity index (χ1n) is 5.56. The van der Waals surface area contributed by atoms with Crippen molar-refractivity contribution in [2.24, 2.45) is 5.92 Å². The lowest BCUT2D eigenvalue weighted by molar-refractivity contribution is -0.148. The molecule has 0 amide bonds. The largest absolute Gasteiger partial charge is 0.466 e. The predicted molar refractivity (Wildman–Crippen MR) is 54.0 cm³/mol. The molecule has 1 rings (SSSR count). The van der Waals surface area contributed by atoms with Crippen molar-refractivity contribution in [3.8, 4) is 0 Å². The van der Waals surface area contributed by atoms with Crippen molar-refractivity contribution < 1.29 is 14.3 Å². The van der Waals surface area contributed by atoms with E-state index < -0.39 is 0 Å². The van der Waals surface area contributed by atoms with E-state index in [2.05, 4.69) is 6.92 Å². The Balaban J connectivity index is 2.29. The molecule has 0 spiro atoms. The third-order valence-electron chi connectivity index (χ3n) is 2.48. The second-order valence-corrected chi connectivity index (χ2v) is 3.78. The molecule has 1 aliphatic heterocycles. The molecule has 3 heteroatoms. The normalized spacial score (nSPS) is 21.7. The van der Waals surface area contributed by atoms with Crippen molar-refractivity contribution >= 4 is 5.97 Å². The maximum Gasteiger partial charge on any atom is 0.309 e. The third-order valence-corrected chi connectivity index (χ3v) is 2.48. The summed E-state index contributed by atoms with van der Waals surface area (Å²) in [7, 11) is 0. The number of ether oxygens (including phenoxy) is 2. The summed E-state index contributed by atoms with van der Waals surface area (Å²) in [5.74, 6) is 0.0128. The Hall–Kier alpha value is -0.570. The molecule has 82 valence electrons. The monoisotopic (exact) mass is 200 g/mol. The van der Waals surface area contributed by atoms with Crippen LogP contribution >= 0.6 is 0 Å². The van der Waals surface area contributed by atoms with Crippen LogP contribution in [0.5, 0.6) is 0 Å². The van der Waals surface area contributed by atoms with E-state index in [9.17, 15) is 4.79 Å². The molecule has 0 radical (unpaired) electrons. The fourth-order valence-electron chi connectivity index (χ4n) is 1.56. The molecule has 1 saturated heterocycles. The van der Waals surface area contributed by atoms with Crippen molar-refractivity contribution in [2.45, 2.75) is 45.6 Å². The number of hydrogen-bond acceptors (Lipinski definition) is 3. The van der Waals surface area contributed by atoms with Gasteiger partial charge in [0.1, 0.15) is 0 Å². The highest BCUT2D eigenvalue weighted by Crippen LogP contribution is 2.24. The molecule has 0 aromatic rings. The fraction of sp³-hybridized carbons (Fsp3) is 0.909. The van der Waals surface area contributed by atoms with E-state index in [1.54, 1.807) is 0 Å². The molecule has 1 aliphatic rings. The minimum Gasteiger partial charge on any atom is -0.466 e. The van der Waals surface area contributed by atoms with Crippen molar-refractivity contribution in [3.05, 3.63) is 0 Å². The first kappa shape index (κ1) is 11.5. The predicted octanol–water partition coefficient (Wildman–Crippen LogP) is 2.14. The molecule has 0 aromatic carbocycles. The zero-order chi connectivity index (χ0) is 10.4. The van der Waals surface area contributed by atoms with E-state index in [1.807, 2.05) is 6.92 Å². The molecule has 0 aromatic heterocycles. The average molecular weight is 200 g/mol. The fourth-order valence-corrected chi connectivity index (χ4v) is 1.56. The topological polar surface area (TPSA) is 38.8 Å². The van der Waals surface area contributed by atoms with Gasteiger partial charge in [0.2, 0.25) is 0 Å². The lowest BCUT2D eigenvalue weighted by atomic mass is 9.97. The second-order valence-electron chi connectivity index (χ2n) is 3.78. The highest BCUT2D eigenvalue weighted by atomic mass is 16.6. The molecule has 3 nitrogen and oxygen atoms in total. The van der Waals surface area contributed by atoms with Gasteiger partial charge in [-0.25, -0.2) is 0 Å². The van der Waals surface area contributed by atoms with E-state index >= 15 is 0 Å². The smallest absolute Gasteiger partial charge is 0.309 e. The van der Waals surface area contributed by atoms with Crippen LogP contribution in [-0.4, -0.2) is 25.3 Å². The maximum atomic E-state index is 11.5. The molecular formula is C11H20O3. The van der Waals surface area contributed by atoms with Crippen LogP contribution in [0.3, 0.4) is 0 Å². The quantitative estimate of drug-likeness (QED) is 0.467. The third kappa shape index (κ3) is 4.09. The van der Waals surface area contributed by atoms with Gasteiger partial charge in [0.25, 0.3) is 0 Å². The summed E-state index contributed by atoms with van der Waals surface area (Å²) in [4.78, 5) is 11.5. The van der Waals surface area contributed by atoms with Crippen molar-refractivity contribution in [1.82, 2.24) is 0 Å². The van der Waals surface area contributed by atoms with Crippen molar-refractivity contribution in [1.29, 1.82) is 0 Å². The van der Waals surface area contributed by atoms with Gasteiger partial charge < -0.3 is 9.47 Å². The summed E-state index contributed by atoms with van der Waals surface area (Å²) in [5, 5.41) is 0. The minimum absolute atomic E-state index is 0.0450.